The minimum absolute atomic E-state index is 0.0649. The van der Waals surface area contributed by atoms with Crippen LogP contribution in [0.3, 0.4) is 0 Å². The first kappa shape index (κ1) is 16.3. The average molecular weight is 325 g/mol. The molecule has 5 heteroatoms. The van der Waals surface area contributed by atoms with Crippen LogP contribution < -0.4 is 15.8 Å². The van der Waals surface area contributed by atoms with Gasteiger partial charge in [-0.25, -0.2) is 4.79 Å². The van der Waals surface area contributed by atoms with Crippen LogP contribution in [0, 0.1) is 5.92 Å². The molecule has 24 heavy (non-hydrogen) atoms. The number of nitrogens with zero attached hydrogens (tertiary/aromatic N) is 1. The lowest BCUT2D eigenvalue weighted by Gasteiger charge is -2.32. The number of carbonyl (C=O) groups excluding carboxylic acids is 1. The summed E-state index contributed by atoms with van der Waals surface area (Å²) in [7, 11) is 0. The topological polar surface area (TPSA) is 67.6 Å². The van der Waals surface area contributed by atoms with Gasteiger partial charge in [0.15, 0.2) is 0 Å². The summed E-state index contributed by atoms with van der Waals surface area (Å²) in [6, 6.07) is 16.9. The van der Waals surface area contributed by atoms with Crippen LogP contribution >= 0.6 is 0 Å². The number of ether oxygens (including phenoxy) is 1. The smallest absolute Gasteiger partial charge is 0.321 e. The van der Waals surface area contributed by atoms with Crippen molar-refractivity contribution in [3.8, 4) is 11.5 Å². The highest BCUT2D eigenvalue weighted by Crippen LogP contribution is 2.23. The van der Waals surface area contributed by atoms with Gasteiger partial charge in [0.25, 0.3) is 0 Å². The zero-order valence-electron chi connectivity index (χ0n) is 13.7. The number of hydrogen-bond acceptors (Lipinski definition) is 3. The highest BCUT2D eigenvalue weighted by Gasteiger charge is 2.22. The van der Waals surface area contributed by atoms with Gasteiger partial charge in [-0.1, -0.05) is 18.2 Å². The Bertz CT molecular complexity index is 658. The first-order chi connectivity index (χ1) is 11.7. The van der Waals surface area contributed by atoms with Gasteiger partial charge in [0, 0.05) is 18.8 Å². The summed E-state index contributed by atoms with van der Waals surface area (Å²) >= 11 is 0. The summed E-state index contributed by atoms with van der Waals surface area (Å²) in [5.74, 6) is 1.93. The first-order valence-electron chi connectivity index (χ1n) is 8.33. The van der Waals surface area contributed by atoms with Crippen LogP contribution in [0.5, 0.6) is 11.5 Å². The second-order valence-electron chi connectivity index (χ2n) is 6.06. The van der Waals surface area contributed by atoms with Crippen molar-refractivity contribution >= 4 is 11.7 Å². The number of para-hydroxylation sites is 1. The third-order valence-corrected chi connectivity index (χ3v) is 4.22. The van der Waals surface area contributed by atoms with E-state index in [4.69, 9.17) is 10.5 Å². The van der Waals surface area contributed by atoms with Crippen LogP contribution in [0.4, 0.5) is 10.5 Å². The predicted octanol–water partition coefficient (Wildman–Crippen LogP) is 3.68. The number of nitrogens with one attached hydrogen (secondary N) is 1. The van der Waals surface area contributed by atoms with Crippen LogP contribution in [0.1, 0.15) is 12.8 Å². The fourth-order valence-corrected chi connectivity index (χ4v) is 2.88. The van der Waals surface area contributed by atoms with E-state index in [1.807, 2.05) is 59.5 Å². The SMILES string of the molecule is NC[C@@H]1CCCN(C(=O)Nc2ccc(Oc3ccccc3)cc2)C1. The van der Waals surface area contributed by atoms with Gasteiger partial charge in [-0.2, -0.15) is 0 Å². The molecule has 2 amide bonds. The van der Waals surface area contributed by atoms with Gasteiger partial charge in [0.05, 0.1) is 0 Å². The Kier molecular flexibility index (Phi) is 5.33. The van der Waals surface area contributed by atoms with Crippen molar-refractivity contribution < 1.29 is 9.53 Å². The Morgan fingerprint density at radius 2 is 1.83 bits per heavy atom. The molecule has 5 nitrogen and oxygen atoms in total. The van der Waals surface area contributed by atoms with E-state index < -0.39 is 0 Å². The standard InChI is InChI=1S/C19H23N3O2/c20-13-15-5-4-12-22(14-15)19(23)21-16-8-10-18(11-9-16)24-17-6-2-1-3-7-17/h1-3,6-11,15H,4-5,12-14,20H2,(H,21,23)/t15-/m0/s1. The number of nitrogens with two attached hydrogens (primary N) is 1. The number of likely N-dealkylation sites (tertiary alicyclic amines) is 1. The molecule has 1 saturated heterocycles. The summed E-state index contributed by atoms with van der Waals surface area (Å²) in [5.41, 5.74) is 6.49. The third kappa shape index (κ3) is 4.26. The molecule has 0 aliphatic carbocycles. The molecule has 1 aliphatic rings. The lowest BCUT2D eigenvalue weighted by atomic mass is 9.99. The molecule has 0 aromatic heterocycles. The van der Waals surface area contributed by atoms with Gasteiger partial charge < -0.3 is 20.7 Å². The Labute approximate surface area is 142 Å². The molecule has 2 aromatic rings. The number of hydrogen-bond donors (Lipinski definition) is 2. The summed E-state index contributed by atoms with van der Waals surface area (Å²) in [6.45, 7) is 2.16. The monoisotopic (exact) mass is 325 g/mol. The molecule has 1 fully saturated rings. The normalized spacial score (nSPS) is 17.4. The minimum atomic E-state index is -0.0649. The van der Waals surface area contributed by atoms with E-state index in [1.165, 1.54) is 0 Å². The summed E-state index contributed by atoms with van der Waals surface area (Å²) < 4.78 is 5.75. The van der Waals surface area contributed by atoms with E-state index in [-0.39, 0.29) is 6.03 Å². The lowest BCUT2D eigenvalue weighted by molar-refractivity contribution is 0.179. The van der Waals surface area contributed by atoms with Crippen LogP contribution in [-0.4, -0.2) is 30.6 Å². The Hall–Kier alpha value is -2.53. The maximum absolute atomic E-state index is 12.3. The predicted molar refractivity (Wildman–Crippen MR) is 95.3 cm³/mol. The van der Waals surface area contributed by atoms with Gasteiger partial charge in [-0.3, -0.25) is 0 Å². The number of rotatable bonds is 4. The van der Waals surface area contributed by atoms with Crippen LogP contribution in [0.15, 0.2) is 54.6 Å². The molecule has 3 rings (SSSR count). The fraction of sp³-hybridized carbons (Fsp3) is 0.316. The van der Waals surface area contributed by atoms with E-state index in [0.717, 1.165) is 43.1 Å². The van der Waals surface area contributed by atoms with Crippen molar-refractivity contribution in [3.63, 3.8) is 0 Å². The van der Waals surface area contributed by atoms with Crippen LogP contribution in [0.2, 0.25) is 0 Å². The van der Waals surface area contributed by atoms with E-state index in [2.05, 4.69) is 5.32 Å². The fourth-order valence-electron chi connectivity index (χ4n) is 2.88. The molecule has 126 valence electrons. The van der Waals surface area contributed by atoms with Gasteiger partial charge in [0.2, 0.25) is 0 Å². The molecule has 1 atom stereocenters. The zero-order chi connectivity index (χ0) is 16.8. The Morgan fingerprint density at radius 1 is 1.12 bits per heavy atom. The Morgan fingerprint density at radius 3 is 2.54 bits per heavy atom. The van der Waals surface area contributed by atoms with Crippen molar-refractivity contribution in [1.29, 1.82) is 0 Å². The number of benzene rings is 2. The van der Waals surface area contributed by atoms with Crippen molar-refractivity contribution in [2.75, 3.05) is 25.0 Å². The van der Waals surface area contributed by atoms with Crippen molar-refractivity contribution in [1.82, 2.24) is 4.90 Å². The quantitative estimate of drug-likeness (QED) is 0.901. The van der Waals surface area contributed by atoms with E-state index in [9.17, 15) is 4.79 Å². The molecule has 0 unspecified atom stereocenters. The van der Waals surface area contributed by atoms with E-state index in [0.29, 0.717) is 12.5 Å². The number of amides is 2. The number of piperidine rings is 1. The summed E-state index contributed by atoms with van der Waals surface area (Å²) in [4.78, 5) is 14.2. The Balaban J connectivity index is 1.56. The highest BCUT2D eigenvalue weighted by atomic mass is 16.5. The summed E-state index contributed by atoms with van der Waals surface area (Å²) in [5, 5.41) is 2.94. The molecule has 0 radical (unpaired) electrons. The van der Waals surface area contributed by atoms with Crippen molar-refractivity contribution in [2.45, 2.75) is 12.8 Å². The minimum Gasteiger partial charge on any atom is -0.457 e. The van der Waals surface area contributed by atoms with Crippen molar-refractivity contribution in [3.05, 3.63) is 54.6 Å². The lowest BCUT2D eigenvalue weighted by Crippen LogP contribution is -2.44. The summed E-state index contributed by atoms with van der Waals surface area (Å²) in [6.07, 6.45) is 2.12. The average Bonchev–Trinajstić information content (AvgIpc) is 2.64. The third-order valence-electron chi connectivity index (χ3n) is 4.22. The number of anilines is 1. The maximum atomic E-state index is 12.3. The molecular formula is C19H23N3O2. The maximum Gasteiger partial charge on any atom is 0.321 e. The molecule has 3 N–H and O–H groups in total. The molecule has 2 aromatic carbocycles. The molecule has 0 saturated carbocycles. The van der Waals surface area contributed by atoms with Crippen LogP contribution in [-0.2, 0) is 0 Å². The van der Waals surface area contributed by atoms with E-state index in [1.54, 1.807) is 0 Å². The molecule has 1 heterocycles. The molecular weight excluding hydrogens is 302 g/mol. The van der Waals surface area contributed by atoms with Gasteiger partial charge >= 0.3 is 6.03 Å². The molecule has 0 bridgehead atoms. The highest BCUT2D eigenvalue weighted by molar-refractivity contribution is 5.89. The first-order valence-corrected chi connectivity index (χ1v) is 8.33. The second kappa shape index (κ2) is 7.84. The molecule has 0 spiro atoms. The largest absolute Gasteiger partial charge is 0.457 e. The number of urea groups is 1. The van der Waals surface area contributed by atoms with Gasteiger partial charge in [-0.05, 0) is 61.7 Å². The number of carbonyl (C=O) groups is 1. The van der Waals surface area contributed by atoms with E-state index >= 15 is 0 Å². The zero-order valence-corrected chi connectivity index (χ0v) is 13.7. The van der Waals surface area contributed by atoms with Gasteiger partial charge in [-0.15, -0.1) is 0 Å². The van der Waals surface area contributed by atoms with Crippen LogP contribution in [0.25, 0.3) is 0 Å². The van der Waals surface area contributed by atoms with Crippen molar-refractivity contribution in [2.24, 2.45) is 11.7 Å². The second-order valence-corrected chi connectivity index (χ2v) is 6.06. The van der Waals surface area contributed by atoms with Gasteiger partial charge in [0.1, 0.15) is 11.5 Å². The molecule has 1 aliphatic heterocycles.